The van der Waals surface area contributed by atoms with Crippen molar-refractivity contribution in [3.05, 3.63) is 0 Å². The SMILES string of the molecule is COCC(N)C(=O)NC1CCC(CN(C)C)CC1.Cl. The van der Waals surface area contributed by atoms with Crippen LogP contribution in [0.1, 0.15) is 25.7 Å². The largest absolute Gasteiger partial charge is 0.383 e. The molecule has 1 saturated carbocycles. The Kier molecular flexibility index (Phi) is 9.35. The number of nitrogens with one attached hydrogen (secondary N) is 1. The Bertz CT molecular complexity index is 256. The molecule has 1 atom stereocenters. The molecule has 5 nitrogen and oxygen atoms in total. The van der Waals surface area contributed by atoms with Crippen LogP contribution in [0.25, 0.3) is 0 Å². The maximum atomic E-state index is 11.7. The zero-order chi connectivity index (χ0) is 13.5. The highest BCUT2D eigenvalue weighted by atomic mass is 35.5. The van der Waals surface area contributed by atoms with E-state index in [2.05, 4.69) is 24.3 Å². The molecule has 0 radical (unpaired) electrons. The molecule has 0 spiro atoms. The lowest BCUT2D eigenvalue weighted by Crippen LogP contribution is -2.48. The first-order chi connectivity index (χ1) is 8.52. The summed E-state index contributed by atoms with van der Waals surface area (Å²) >= 11 is 0. The monoisotopic (exact) mass is 293 g/mol. The molecule has 0 aromatic rings. The highest BCUT2D eigenvalue weighted by Gasteiger charge is 2.24. The number of rotatable bonds is 6. The summed E-state index contributed by atoms with van der Waals surface area (Å²) < 4.78 is 4.88. The van der Waals surface area contributed by atoms with E-state index in [1.807, 2.05) is 0 Å². The summed E-state index contributed by atoms with van der Waals surface area (Å²) in [5.74, 6) is 0.675. The molecule has 1 unspecified atom stereocenters. The van der Waals surface area contributed by atoms with Gasteiger partial charge in [0.2, 0.25) is 5.91 Å². The molecular weight excluding hydrogens is 266 g/mol. The summed E-state index contributed by atoms with van der Waals surface area (Å²) in [6.45, 7) is 1.42. The van der Waals surface area contributed by atoms with Crippen molar-refractivity contribution in [2.45, 2.75) is 37.8 Å². The predicted octanol–water partition coefficient (Wildman–Crippen LogP) is 0.619. The first-order valence-corrected chi connectivity index (χ1v) is 6.72. The van der Waals surface area contributed by atoms with Crippen molar-refractivity contribution >= 4 is 18.3 Å². The van der Waals surface area contributed by atoms with Crippen molar-refractivity contribution in [2.24, 2.45) is 11.7 Å². The van der Waals surface area contributed by atoms with Gasteiger partial charge in [0.15, 0.2) is 0 Å². The molecule has 1 aliphatic rings. The lowest BCUT2D eigenvalue weighted by Gasteiger charge is -2.31. The van der Waals surface area contributed by atoms with Crippen LogP contribution >= 0.6 is 12.4 Å². The summed E-state index contributed by atoms with van der Waals surface area (Å²) in [5.41, 5.74) is 5.69. The van der Waals surface area contributed by atoms with Crippen molar-refractivity contribution < 1.29 is 9.53 Å². The van der Waals surface area contributed by atoms with Gasteiger partial charge in [0.25, 0.3) is 0 Å². The minimum atomic E-state index is -0.547. The second-order valence-corrected chi connectivity index (χ2v) is 5.55. The molecule has 0 bridgehead atoms. The first-order valence-electron chi connectivity index (χ1n) is 6.72. The minimum Gasteiger partial charge on any atom is -0.383 e. The average molecular weight is 294 g/mol. The molecule has 0 aromatic carbocycles. The number of nitrogens with zero attached hydrogens (tertiary/aromatic N) is 1. The van der Waals surface area contributed by atoms with E-state index < -0.39 is 6.04 Å². The number of carbonyl (C=O) groups excluding carboxylic acids is 1. The van der Waals surface area contributed by atoms with Gasteiger partial charge in [0.1, 0.15) is 6.04 Å². The van der Waals surface area contributed by atoms with Crippen molar-refractivity contribution in [2.75, 3.05) is 34.4 Å². The molecular formula is C13H28ClN3O2. The number of hydrogen-bond donors (Lipinski definition) is 2. The van der Waals surface area contributed by atoms with Gasteiger partial charge < -0.3 is 20.7 Å². The number of halogens is 1. The Labute approximate surface area is 122 Å². The topological polar surface area (TPSA) is 67.6 Å². The predicted molar refractivity (Wildman–Crippen MR) is 79.5 cm³/mol. The van der Waals surface area contributed by atoms with E-state index in [4.69, 9.17) is 10.5 Å². The van der Waals surface area contributed by atoms with Gasteiger partial charge in [-0.2, -0.15) is 0 Å². The van der Waals surface area contributed by atoms with Gasteiger partial charge in [-0.05, 0) is 45.7 Å². The number of hydrogen-bond acceptors (Lipinski definition) is 4. The highest BCUT2D eigenvalue weighted by Crippen LogP contribution is 2.24. The molecule has 1 fully saturated rings. The lowest BCUT2D eigenvalue weighted by atomic mass is 9.85. The van der Waals surface area contributed by atoms with Crippen LogP contribution in [-0.2, 0) is 9.53 Å². The number of nitrogens with two attached hydrogens (primary N) is 1. The molecule has 0 aliphatic heterocycles. The summed E-state index contributed by atoms with van der Waals surface area (Å²) in [5, 5.41) is 3.02. The number of carbonyl (C=O) groups is 1. The Morgan fingerprint density at radius 3 is 2.42 bits per heavy atom. The number of amides is 1. The van der Waals surface area contributed by atoms with Crippen LogP contribution < -0.4 is 11.1 Å². The standard InChI is InChI=1S/C13H27N3O2.ClH/c1-16(2)8-10-4-6-11(7-5-10)15-13(17)12(14)9-18-3;/h10-12H,4-9,14H2,1-3H3,(H,15,17);1H. The molecule has 3 N–H and O–H groups in total. The van der Waals surface area contributed by atoms with E-state index in [0.717, 1.165) is 25.3 Å². The van der Waals surface area contributed by atoms with E-state index in [9.17, 15) is 4.79 Å². The van der Waals surface area contributed by atoms with Gasteiger partial charge in [-0.25, -0.2) is 0 Å². The Morgan fingerprint density at radius 1 is 1.37 bits per heavy atom. The smallest absolute Gasteiger partial charge is 0.239 e. The van der Waals surface area contributed by atoms with Gasteiger partial charge in [0.05, 0.1) is 6.61 Å². The molecule has 1 amide bonds. The third-order valence-corrected chi connectivity index (χ3v) is 3.50. The van der Waals surface area contributed by atoms with Crippen LogP contribution in [0.3, 0.4) is 0 Å². The average Bonchev–Trinajstić information content (AvgIpc) is 2.31. The molecule has 0 aromatic heterocycles. The number of ether oxygens (including phenoxy) is 1. The third-order valence-electron chi connectivity index (χ3n) is 3.50. The van der Waals surface area contributed by atoms with Crippen LogP contribution in [0.15, 0.2) is 0 Å². The minimum absolute atomic E-state index is 0. The molecule has 1 rings (SSSR count). The Balaban J connectivity index is 0.00000324. The first kappa shape index (κ1) is 18.6. The second kappa shape index (κ2) is 9.53. The van der Waals surface area contributed by atoms with Crippen LogP contribution in [0, 0.1) is 5.92 Å². The molecule has 19 heavy (non-hydrogen) atoms. The highest BCUT2D eigenvalue weighted by molar-refractivity contribution is 5.85. The fourth-order valence-corrected chi connectivity index (χ4v) is 2.57. The molecule has 0 saturated heterocycles. The zero-order valence-electron chi connectivity index (χ0n) is 12.2. The van der Waals surface area contributed by atoms with Gasteiger partial charge in [-0.1, -0.05) is 0 Å². The Hall–Kier alpha value is -0.360. The second-order valence-electron chi connectivity index (χ2n) is 5.55. The fourth-order valence-electron chi connectivity index (χ4n) is 2.57. The van der Waals surface area contributed by atoms with Crippen LogP contribution in [0.5, 0.6) is 0 Å². The summed E-state index contributed by atoms with van der Waals surface area (Å²) in [6.07, 6.45) is 4.49. The van der Waals surface area contributed by atoms with E-state index in [1.165, 1.54) is 12.8 Å². The van der Waals surface area contributed by atoms with Crippen molar-refractivity contribution in [1.29, 1.82) is 0 Å². The molecule has 114 valence electrons. The van der Waals surface area contributed by atoms with Gasteiger partial charge in [-0.15, -0.1) is 12.4 Å². The normalized spacial score (nSPS) is 24.7. The van der Waals surface area contributed by atoms with Crippen LogP contribution in [0.2, 0.25) is 0 Å². The quantitative estimate of drug-likeness (QED) is 0.753. The van der Waals surface area contributed by atoms with Crippen molar-refractivity contribution in [3.8, 4) is 0 Å². The summed E-state index contributed by atoms with van der Waals surface area (Å²) in [6, 6.07) is -0.256. The molecule has 6 heteroatoms. The molecule has 1 aliphatic carbocycles. The lowest BCUT2D eigenvalue weighted by molar-refractivity contribution is -0.124. The van der Waals surface area contributed by atoms with Crippen LogP contribution in [0.4, 0.5) is 0 Å². The van der Waals surface area contributed by atoms with E-state index in [1.54, 1.807) is 7.11 Å². The summed E-state index contributed by atoms with van der Waals surface area (Å²) in [4.78, 5) is 14.0. The third kappa shape index (κ3) is 7.11. The van der Waals surface area contributed by atoms with Crippen molar-refractivity contribution in [3.63, 3.8) is 0 Å². The molecule has 0 heterocycles. The Morgan fingerprint density at radius 2 is 1.95 bits per heavy atom. The van der Waals surface area contributed by atoms with Gasteiger partial charge in [0, 0.05) is 19.7 Å². The zero-order valence-corrected chi connectivity index (χ0v) is 13.0. The maximum absolute atomic E-state index is 11.7. The van der Waals surface area contributed by atoms with Crippen LogP contribution in [-0.4, -0.2) is 57.2 Å². The fraction of sp³-hybridized carbons (Fsp3) is 0.923. The van der Waals surface area contributed by atoms with Gasteiger partial charge in [-0.3, -0.25) is 4.79 Å². The van der Waals surface area contributed by atoms with Gasteiger partial charge >= 0.3 is 0 Å². The van der Waals surface area contributed by atoms with E-state index in [0.29, 0.717) is 6.04 Å². The van der Waals surface area contributed by atoms with Crippen molar-refractivity contribution in [1.82, 2.24) is 10.2 Å². The maximum Gasteiger partial charge on any atom is 0.239 e. The van der Waals surface area contributed by atoms with E-state index in [-0.39, 0.29) is 24.9 Å². The van der Waals surface area contributed by atoms with E-state index >= 15 is 0 Å². The summed E-state index contributed by atoms with van der Waals surface area (Å²) in [7, 11) is 5.77. The number of methoxy groups -OCH3 is 1.